The smallest absolute Gasteiger partial charge is 0.416 e. The van der Waals surface area contributed by atoms with Crippen molar-refractivity contribution in [3.63, 3.8) is 0 Å². The van der Waals surface area contributed by atoms with Crippen LogP contribution in [0.5, 0.6) is 5.75 Å². The van der Waals surface area contributed by atoms with Gasteiger partial charge in [0.25, 0.3) is 0 Å². The molecule has 6 nitrogen and oxygen atoms in total. The number of carboxylic acid groups (broad SMARTS) is 1. The molecule has 0 aliphatic heterocycles. The number of carboxylic acids is 1. The van der Waals surface area contributed by atoms with E-state index in [0.29, 0.717) is 45.3 Å². The van der Waals surface area contributed by atoms with E-state index in [1.165, 1.54) is 37.3 Å². The number of aryl methyl sites for hydroxylation is 2. The number of aliphatic hydroxyl groups excluding tert-OH is 1. The summed E-state index contributed by atoms with van der Waals surface area (Å²) in [5.41, 5.74) is -0.116. The molecule has 200 valence electrons. The number of alkyl halides is 3. The lowest BCUT2D eigenvalue weighted by Gasteiger charge is -2.23. The molecule has 3 N–H and O–H groups in total. The van der Waals surface area contributed by atoms with Crippen molar-refractivity contribution < 1.29 is 32.9 Å². The number of hydrogen-bond donors (Lipinski definition) is 3. The first kappa shape index (κ1) is 30.6. The number of benzene rings is 2. The summed E-state index contributed by atoms with van der Waals surface area (Å²) in [5.74, 6) is -1.01. The molecule has 37 heavy (non-hydrogen) atoms. The van der Waals surface area contributed by atoms with Crippen molar-refractivity contribution in [1.82, 2.24) is 4.98 Å². The van der Waals surface area contributed by atoms with Crippen molar-refractivity contribution >= 4 is 46.2 Å². The summed E-state index contributed by atoms with van der Waals surface area (Å²) >= 11 is 13.9. The number of carbonyl (C=O) groups is 1. The third-order valence-corrected chi connectivity index (χ3v) is 7.35. The fraction of sp³-hybridized carbons (Fsp3) is 0.320. The third-order valence-electron chi connectivity index (χ3n) is 5.18. The van der Waals surface area contributed by atoms with Crippen molar-refractivity contribution in [1.29, 1.82) is 5.41 Å². The number of aromatic nitrogens is 1. The number of halogens is 5. The zero-order valence-corrected chi connectivity index (χ0v) is 22.7. The van der Waals surface area contributed by atoms with Crippen LogP contribution in [-0.4, -0.2) is 39.6 Å². The molecule has 0 fully saturated rings. The molecule has 0 radical (unpaired) electrons. The van der Waals surface area contributed by atoms with E-state index >= 15 is 0 Å². The largest absolute Gasteiger partial charge is 0.478 e. The molecular weight excluding hydrogens is 552 g/mol. The van der Waals surface area contributed by atoms with E-state index < -0.39 is 23.3 Å². The number of aliphatic hydroxyl groups is 1. The van der Waals surface area contributed by atoms with Crippen LogP contribution in [0.1, 0.15) is 42.0 Å². The summed E-state index contributed by atoms with van der Waals surface area (Å²) in [5, 5.41) is 25.6. The summed E-state index contributed by atoms with van der Waals surface area (Å²) in [6.07, 6.45) is -3.72. The minimum Gasteiger partial charge on any atom is -0.478 e. The van der Waals surface area contributed by atoms with Crippen LogP contribution in [0.2, 0.25) is 10.0 Å². The molecule has 0 amide bonds. The molecule has 2 aromatic carbocycles. The van der Waals surface area contributed by atoms with E-state index in [4.69, 9.17) is 38.5 Å². The highest BCUT2D eigenvalue weighted by Gasteiger charge is 2.31. The van der Waals surface area contributed by atoms with Gasteiger partial charge in [-0.2, -0.15) is 13.2 Å². The summed E-state index contributed by atoms with van der Waals surface area (Å²) < 4.78 is 43.9. The highest BCUT2D eigenvalue weighted by atomic mass is 35.5. The van der Waals surface area contributed by atoms with Gasteiger partial charge in [0.1, 0.15) is 15.8 Å². The first-order valence-corrected chi connectivity index (χ1v) is 12.3. The van der Waals surface area contributed by atoms with Crippen molar-refractivity contribution in [2.24, 2.45) is 0 Å². The maximum absolute atomic E-state index is 12.8. The monoisotopic (exact) mass is 576 g/mol. The van der Waals surface area contributed by atoms with E-state index in [0.717, 1.165) is 19.2 Å². The van der Waals surface area contributed by atoms with Gasteiger partial charge >= 0.3 is 12.1 Å². The molecule has 0 bridgehead atoms. The summed E-state index contributed by atoms with van der Waals surface area (Å²) in [7, 11) is 1.00. The molecule has 0 spiro atoms. The molecule has 0 aliphatic rings. The molecule has 0 aliphatic carbocycles. The zero-order valence-electron chi connectivity index (χ0n) is 20.3. The first-order valence-electron chi connectivity index (χ1n) is 10.8. The molecule has 0 saturated heterocycles. The van der Waals surface area contributed by atoms with Gasteiger partial charge in [-0.05, 0) is 57.4 Å². The number of thiazole rings is 1. The lowest BCUT2D eigenvalue weighted by Crippen LogP contribution is -2.38. The predicted octanol–water partition coefficient (Wildman–Crippen LogP) is 7.30. The Hall–Kier alpha value is -2.66. The van der Waals surface area contributed by atoms with Gasteiger partial charge in [-0.15, -0.1) is 11.3 Å². The molecule has 3 aromatic rings. The van der Waals surface area contributed by atoms with Crippen molar-refractivity contribution in [3.8, 4) is 16.3 Å². The number of rotatable bonds is 8. The number of hydrogen-bond acceptors (Lipinski definition) is 6. The van der Waals surface area contributed by atoms with E-state index in [2.05, 4.69) is 4.98 Å². The average Bonchev–Trinajstić information content (AvgIpc) is 3.23. The van der Waals surface area contributed by atoms with Gasteiger partial charge in [0.15, 0.2) is 5.60 Å². The van der Waals surface area contributed by atoms with Crippen LogP contribution < -0.4 is 4.74 Å². The van der Waals surface area contributed by atoms with Crippen LogP contribution in [0, 0.1) is 12.3 Å². The van der Waals surface area contributed by atoms with Gasteiger partial charge in [0, 0.05) is 12.7 Å². The second-order valence-corrected chi connectivity index (χ2v) is 10.0. The van der Waals surface area contributed by atoms with E-state index in [9.17, 15) is 23.1 Å². The minimum atomic E-state index is -4.41. The lowest BCUT2D eigenvalue weighted by molar-refractivity contribution is -0.152. The molecule has 0 unspecified atom stereocenters. The van der Waals surface area contributed by atoms with Crippen molar-refractivity contribution in [2.45, 2.75) is 45.4 Å². The summed E-state index contributed by atoms with van der Waals surface area (Å²) in [4.78, 5) is 16.4. The Bertz CT molecular complexity index is 1280. The van der Waals surface area contributed by atoms with Crippen LogP contribution >= 0.6 is 34.5 Å². The lowest BCUT2D eigenvalue weighted by atomic mass is 10.1. The molecule has 1 aromatic heterocycles. The highest BCUT2D eigenvalue weighted by molar-refractivity contribution is 7.17. The maximum Gasteiger partial charge on any atom is 0.416 e. The molecule has 3 rings (SSSR count). The van der Waals surface area contributed by atoms with E-state index in [1.54, 1.807) is 19.1 Å². The van der Waals surface area contributed by atoms with Crippen molar-refractivity contribution in [2.75, 3.05) is 7.11 Å². The van der Waals surface area contributed by atoms with Gasteiger partial charge in [-0.3, -0.25) is 0 Å². The quantitative estimate of drug-likeness (QED) is 0.244. The SMILES string of the molecule is CO.Cc1nc(-c2ccc(C(F)(F)F)cc2)sc1C(=N)CCc1ccc(OC(C)(C)C(=O)O)c(Cl)c1Cl. The zero-order chi connectivity index (χ0) is 28.1. The Kier molecular flexibility index (Phi) is 10.1. The van der Waals surface area contributed by atoms with Gasteiger partial charge in [-0.25, -0.2) is 9.78 Å². The third kappa shape index (κ3) is 7.44. The Morgan fingerprint density at radius 1 is 1.08 bits per heavy atom. The molecule has 12 heteroatoms. The Morgan fingerprint density at radius 2 is 1.68 bits per heavy atom. The maximum atomic E-state index is 12.8. The second-order valence-electron chi connectivity index (χ2n) is 8.26. The number of aliphatic carboxylic acids is 1. The highest BCUT2D eigenvalue weighted by Crippen LogP contribution is 2.38. The Labute approximate surface area is 226 Å². The van der Waals surface area contributed by atoms with Crippen LogP contribution in [0.3, 0.4) is 0 Å². The Morgan fingerprint density at radius 3 is 2.22 bits per heavy atom. The number of ether oxygens (including phenoxy) is 1. The minimum absolute atomic E-state index is 0.0867. The second kappa shape index (κ2) is 12.3. The average molecular weight is 577 g/mol. The molecule has 0 saturated carbocycles. The fourth-order valence-corrected chi connectivity index (χ4v) is 4.66. The molecule has 0 atom stereocenters. The number of nitrogens with one attached hydrogen (secondary N) is 1. The summed E-state index contributed by atoms with van der Waals surface area (Å²) in [6, 6.07) is 7.96. The van der Waals surface area contributed by atoms with Crippen LogP contribution in [0.4, 0.5) is 13.2 Å². The van der Waals surface area contributed by atoms with E-state index in [-0.39, 0.29) is 15.8 Å². The van der Waals surface area contributed by atoms with Gasteiger partial charge in [0.05, 0.1) is 26.9 Å². The van der Waals surface area contributed by atoms with Crippen LogP contribution in [-0.2, 0) is 17.4 Å². The normalized spacial score (nSPS) is 11.5. The number of nitrogens with zero attached hydrogens (tertiary/aromatic N) is 1. The van der Waals surface area contributed by atoms with Crippen molar-refractivity contribution in [3.05, 3.63) is 68.1 Å². The van der Waals surface area contributed by atoms with Gasteiger partial charge in [0.2, 0.25) is 0 Å². The van der Waals surface area contributed by atoms with Gasteiger partial charge in [-0.1, -0.05) is 41.4 Å². The predicted molar refractivity (Wildman–Crippen MR) is 139 cm³/mol. The fourth-order valence-electron chi connectivity index (χ4n) is 3.14. The molecular formula is C25H25Cl2F3N2O4S. The van der Waals surface area contributed by atoms with E-state index in [1.807, 2.05) is 0 Å². The standard InChI is InChI=1S/C24H21Cl2F3N2O3S.CH4O/c1-12-20(35-21(31-12)14-4-8-15(9-5-14)24(27,28)29)16(30)10-6-13-7-11-17(19(26)18(13)25)34-23(2,3)22(32)33;1-2/h4-5,7-9,11,30H,6,10H2,1-3H3,(H,32,33);2H,1H3. The molecule has 1 heterocycles. The summed E-state index contributed by atoms with van der Waals surface area (Å²) in [6.45, 7) is 4.53. The van der Waals surface area contributed by atoms with Crippen LogP contribution in [0.15, 0.2) is 36.4 Å². The van der Waals surface area contributed by atoms with Gasteiger partial charge < -0.3 is 20.4 Å². The Balaban J connectivity index is 0.00000235. The van der Waals surface area contributed by atoms with Crippen LogP contribution in [0.25, 0.3) is 10.6 Å². The first-order chi connectivity index (χ1) is 17.2. The topological polar surface area (TPSA) is 104 Å².